The van der Waals surface area contributed by atoms with Crippen LogP contribution in [0.5, 0.6) is 0 Å². The van der Waals surface area contributed by atoms with Crippen LogP contribution in [0.2, 0.25) is 0 Å². The third-order valence-corrected chi connectivity index (χ3v) is 2.79. The molecule has 0 aromatic carbocycles. The van der Waals surface area contributed by atoms with E-state index >= 15 is 0 Å². The van der Waals surface area contributed by atoms with Crippen molar-refractivity contribution in [3.8, 4) is 0 Å². The number of hydrogen-bond acceptors (Lipinski definition) is 2. The van der Waals surface area contributed by atoms with E-state index in [1.165, 1.54) is 19.3 Å². The van der Waals surface area contributed by atoms with E-state index in [1.54, 1.807) is 0 Å². The van der Waals surface area contributed by atoms with Gasteiger partial charge in [-0.2, -0.15) is 0 Å². The molecule has 0 aromatic rings. The Labute approximate surface area is 79.7 Å². The van der Waals surface area contributed by atoms with Crippen LogP contribution in [0, 0.1) is 0 Å². The van der Waals surface area contributed by atoms with E-state index in [9.17, 15) is 4.79 Å². The molecular formula is C10H19NO2. The van der Waals surface area contributed by atoms with Crippen LogP contribution in [0.1, 0.15) is 39.0 Å². The van der Waals surface area contributed by atoms with Gasteiger partial charge in [0.25, 0.3) is 0 Å². The highest BCUT2D eigenvalue weighted by atomic mass is 16.4. The lowest BCUT2D eigenvalue weighted by atomic mass is 10.1. The fraction of sp³-hybridized carbons (Fsp3) is 0.900. The molecule has 0 radical (unpaired) electrons. The van der Waals surface area contributed by atoms with Crippen molar-refractivity contribution in [2.75, 3.05) is 13.1 Å². The van der Waals surface area contributed by atoms with Gasteiger partial charge < -0.3 is 10.0 Å². The maximum absolute atomic E-state index is 10.4. The summed E-state index contributed by atoms with van der Waals surface area (Å²) in [5.41, 5.74) is 0. The summed E-state index contributed by atoms with van der Waals surface area (Å²) >= 11 is 0. The van der Waals surface area contributed by atoms with Crippen molar-refractivity contribution in [2.45, 2.75) is 45.1 Å². The maximum atomic E-state index is 10.4. The summed E-state index contributed by atoms with van der Waals surface area (Å²) in [6.07, 6.45) is 4.98. The molecule has 3 nitrogen and oxygen atoms in total. The first-order valence-corrected chi connectivity index (χ1v) is 5.16. The molecule has 1 fully saturated rings. The molecule has 1 rings (SSSR count). The first-order chi connectivity index (χ1) is 6.20. The predicted molar refractivity (Wildman–Crippen MR) is 51.8 cm³/mol. The first kappa shape index (κ1) is 10.5. The Morgan fingerprint density at radius 2 is 2.00 bits per heavy atom. The van der Waals surface area contributed by atoms with E-state index in [1.807, 2.05) is 0 Å². The van der Waals surface area contributed by atoms with E-state index in [0.717, 1.165) is 19.5 Å². The van der Waals surface area contributed by atoms with Crippen LogP contribution in [-0.2, 0) is 4.79 Å². The molecule has 0 unspecified atom stereocenters. The van der Waals surface area contributed by atoms with Gasteiger partial charge in [0.05, 0.1) is 0 Å². The van der Waals surface area contributed by atoms with Crippen molar-refractivity contribution in [1.29, 1.82) is 0 Å². The maximum Gasteiger partial charge on any atom is 0.303 e. The second-order valence-electron chi connectivity index (χ2n) is 3.88. The van der Waals surface area contributed by atoms with Crippen molar-refractivity contribution in [1.82, 2.24) is 4.90 Å². The summed E-state index contributed by atoms with van der Waals surface area (Å²) in [4.78, 5) is 12.8. The molecule has 0 amide bonds. The van der Waals surface area contributed by atoms with Crippen molar-refractivity contribution in [2.24, 2.45) is 0 Å². The van der Waals surface area contributed by atoms with Gasteiger partial charge in [-0.05, 0) is 39.3 Å². The lowest BCUT2D eigenvalue weighted by Crippen LogP contribution is -2.37. The molecule has 0 saturated carbocycles. The van der Waals surface area contributed by atoms with Crippen LogP contribution in [0.3, 0.4) is 0 Å². The van der Waals surface area contributed by atoms with Crippen molar-refractivity contribution >= 4 is 5.97 Å². The molecule has 3 heteroatoms. The third kappa shape index (κ3) is 3.77. The first-order valence-electron chi connectivity index (χ1n) is 5.16. The summed E-state index contributed by atoms with van der Waals surface area (Å²) in [6, 6.07) is 0.441. The molecule has 0 bridgehead atoms. The van der Waals surface area contributed by atoms with Gasteiger partial charge in [0.1, 0.15) is 0 Å². The summed E-state index contributed by atoms with van der Waals surface area (Å²) in [5, 5.41) is 8.54. The normalized spacial score (nSPS) is 21.3. The van der Waals surface area contributed by atoms with Crippen LogP contribution >= 0.6 is 0 Å². The molecule has 76 valence electrons. The quantitative estimate of drug-likeness (QED) is 0.725. The number of rotatable bonds is 4. The smallest absolute Gasteiger partial charge is 0.303 e. The molecule has 1 aliphatic rings. The standard InChI is InChI=1S/C10H19NO2/c1-9(5-6-10(12)13)11-7-3-2-4-8-11/h9H,2-8H2,1H3,(H,12,13)/t9-/m0/s1. The summed E-state index contributed by atoms with van der Waals surface area (Å²) in [7, 11) is 0. The number of hydrogen-bond donors (Lipinski definition) is 1. The van der Waals surface area contributed by atoms with E-state index in [-0.39, 0.29) is 0 Å². The number of carboxylic acids is 1. The number of carboxylic acid groups (broad SMARTS) is 1. The minimum Gasteiger partial charge on any atom is -0.481 e. The average molecular weight is 185 g/mol. The molecule has 13 heavy (non-hydrogen) atoms. The fourth-order valence-electron chi connectivity index (χ4n) is 1.87. The highest BCUT2D eigenvalue weighted by Gasteiger charge is 2.16. The SMILES string of the molecule is C[C@@H](CCC(=O)O)N1CCCCC1. The van der Waals surface area contributed by atoms with Gasteiger partial charge in [0, 0.05) is 12.5 Å². The molecule has 0 spiro atoms. The highest BCUT2D eigenvalue weighted by molar-refractivity contribution is 5.66. The number of nitrogens with zero attached hydrogens (tertiary/aromatic N) is 1. The van der Waals surface area contributed by atoms with Gasteiger partial charge in [-0.3, -0.25) is 4.79 Å². The fourth-order valence-corrected chi connectivity index (χ4v) is 1.87. The molecular weight excluding hydrogens is 166 g/mol. The molecule has 1 heterocycles. The number of piperidine rings is 1. The van der Waals surface area contributed by atoms with Crippen LogP contribution in [0.25, 0.3) is 0 Å². The average Bonchev–Trinajstić information content (AvgIpc) is 2.15. The van der Waals surface area contributed by atoms with Gasteiger partial charge in [0.2, 0.25) is 0 Å². The number of carbonyl (C=O) groups is 1. The van der Waals surface area contributed by atoms with Gasteiger partial charge in [-0.15, -0.1) is 0 Å². The zero-order valence-corrected chi connectivity index (χ0v) is 8.33. The van der Waals surface area contributed by atoms with E-state index < -0.39 is 5.97 Å². The second-order valence-corrected chi connectivity index (χ2v) is 3.88. The highest BCUT2D eigenvalue weighted by Crippen LogP contribution is 2.14. The molecule has 0 aromatic heterocycles. The van der Waals surface area contributed by atoms with Crippen LogP contribution in [0.15, 0.2) is 0 Å². The van der Waals surface area contributed by atoms with Crippen molar-refractivity contribution < 1.29 is 9.90 Å². The van der Waals surface area contributed by atoms with Crippen LogP contribution < -0.4 is 0 Å². The van der Waals surface area contributed by atoms with E-state index in [4.69, 9.17) is 5.11 Å². The van der Waals surface area contributed by atoms with Crippen molar-refractivity contribution in [3.05, 3.63) is 0 Å². The molecule has 1 aliphatic heterocycles. The topological polar surface area (TPSA) is 40.5 Å². The van der Waals surface area contributed by atoms with Gasteiger partial charge in [0.15, 0.2) is 0 Å². The number of aliphatic carboxylic acids is 1. The molecule has 1 N–H and O–H groups in total. The largest absolute Gasteiger partial charge is 0.481 e. The van der Waals surface area contributed by atoms with Crippen molar-refractivity contribution in [3.63, 3.8) is 0 Å². The number of likely N-dealkylation sites (tertiary alicyclic amines) is 1. The summed E-state index contributed by atoms with van der Waals surface area (Å²) in [6.45, 7) is 4.44. The van der Waals surface area contributed by atoms with Crippen LogP contribution in [0.4, 0.5) is 0 Å². The van der Waals surface area contributed by atoms with Gasteiger partial charge >= 0.3 is 5.97 Å². The Morgan fingerprint density at radius 1 is 1.38 bits per heavy atom. The van der Waals surface area contributed by atoms with Gasteiger partial charge in [-0.1, -0.05) is 6.42 Å². The molecule has 1 atom stereocenters. The molecule has 0 aliphatic carbocycles. The van der Waals surface area contributed by atoms with E-state index in [0.29, 0.717) is 12.5 Å². The Morgan fingerprint density at radius 3 is 2.54 bits per heavy atom. The summed E-state index contributed by atoms with van der Waals surface area (Å²) < 4.78 is 0. The summed E-state index contributed by atoms with van der Waals surface area (Å²) in [5.74, 6) is -0.677. The Hall–Kier alpha value is -0.570. The lowest BCUT2D eigenvalue weighted by Gasteiger charge is -2.32. The Balaban J connectivity index is 2.20. The zero-order valence-electron chi connectivity index (χ0n) is 8.33. The monoisotopic (exact) mass is 185 g/mol. The minimum atomic E-state index is -0.677. The second kappa shape index (κ2) is 5.22. The lowest BCUT2D eigenvalue weighted by molar-refractivity contribution is -0.137. The Bertz CT molecular complexity index is 164. The van der Waals surface area contributed by atoms with Gasteiger partial charge in [-0.25, -0.2) is 0 Å². The minimum absolute atomic E-state index is 0.303. The Kier molecular flexibility index (Phi) is 4.22. The molecule has 1 saturated heterocycles. The van der Waals surface area contributed by atoms with Crippen LogP contribution in [-0.4, -0.2) is 35.1 Å². The predicted octanol–water partition coefficient (Wildman–Crippen LogP) is 1.73. The third-order valence-electron chi connectivity index (χ3n) is 2.79. The zero-order chi connectivity index (χ0) is 9.68. The van der Waals surface area contributed by atoms with E-state index in [2.05, 4.69) is 11.8 Å².